The minimum absolute atomic E-state index is 0.136. The van der Waals surface area contributed by atoms with Gasteiger partial charge in [0.05, 0.1) is 16.9 Å². The molecule has 0 aliphatic rings. The van der Waals surface area contributed by atoms with Gasteiger partial charge in [-0.15, -0.1) is 0 Å². The number of rotatable bonds is 7. The summed E-state index contributed by atoms with van der Waals surface area (Å²) in [4.78, 5) is 16.5. The van der Waals surface area contributed by atoms with Gasteiger partial charge in [0, 0.05) is 55.1 Å². The van der Waals surface area contributed by atoms with Gasteiger partial charge < -0.3 is 15.6 Å². The number of nitrogens with two attached hydrogens (primary N) is 1. The van der Waals surface area contributed by atoms with Crippen molar-refractivity contribution in [1.82, 2.24) is 4.57 Å². The second-order valence-corrected chi connectivity index (χ2v) is 8.21. The first-order valence-corrected chi connectivity index (χ1v) is 10.9. The van der Waals surface area contributed by atoms with Crippen molar-refractivity contribution in [2.24, 2.45) is 12.0 Å². The number of aromatic nitrogens is 1. The van der Waals surface area contributed by atoms with E-state index in [1.165, 1.54) is 22.9 Å². The largest absolute Gasteiger partial charge is 0.397 e. The SMILES string of the molecule is CCSCc1ccc(Nc2ccc(F)cc2F)c(-c2cn(C)c(=O)c(C=NC)c2N)c1. The van der Waals surface area contributed by atoms with Gasteiger partial charge in [0.2, 0.25) is 0 Å². The fourth-order valence-electron chi connectivity index (χ4n) is 3.21. The lowest BCUT2D eigenvalue weighted by atomic mass is 9.99. The summed E-state index contributed by atoms with van der Waals surface area (Å²) in [6.45, 7) is 2.08. The van der Waals surface area contributed by atoms with Crippen molar-refractivity contribution in [2.75, 3.05) is 23.9 Å². The number of halogens is 2. The maximum atomic E-state index is 14.3. The smallest absolute Gasteiger partial charge is 0.261 e. The van der Waals surface area contributed by atoms with Crippen LogP contribution in [0.1, 0.15) is 18.1 Å². The number of nitrogens with one attached hydrogen (secondary N) is 1. The van der Waals surface area contributed by atoms with Crippen LogP contribution in [-0.2, 0) is 12.8 Å². The van der Waals surface area contributed by atoms with Crippen LogP contribution >= 0.6 is 11.8 Å². The number of nitrogen functional groups attached to an aromatic ring is 1. The number of nitrogens with zero attached hydrogens (tertiary/aromatic N) is 2. The van der Waals surface area contributed by atoms with E-state index in [0.717, 1.165) is 23.1 Å². The van der Waals surface area contributed by atoms with Gasteiger partial charge in [-0.3, -0.25) is 9.79 Å². The van der Waals surface area contributed by atoms with Gasteiger partial charge in [0.1, 0.15) is 11.6 Å². The molecule has 1 heterocycles. The highest BCUT2D eigenvalue weighted by atomic mass is 32.2. The molecule has 2 aromatic carbocycles. The lowest BCUT2D eigenvalue weighted by Gasteiger charge is -2.18. The van der Waals surface area contributed by atoms with Crippen LogP contribution in [0.15, 0.2) is 52.4 Å². The van der Waals surface area contributed by atoms with Gasteiger partial charge in [0.25, 0.3) is 5.56 Å². The molecular formula is C23H24F2N4OS. The number of benzene rings is 2. The Bertz CT molecular complexity index is 1190. The van der Waals surface area contributed by atoms with Crippen LogP contribution in [0.2, 0.25) is 0 Å². The molecule has 0 amide bonds. The predicted octanol–water partition coefficient (Wildman–Crippen LogP) is 4.96. The van der Waals surface area contributed by atoms with E-state index in [1.54, 1.807) is 32.1 Å². The van der Waals surface area contributed by atoms with Crippen molar-refractivity contribution in [3.8, 4) is 11.1 Å². The molecular weight excluding hydrogens is 418 g/mol. The van der Waals surface area contributed by atoms with Crippen LogP contribution in [0, 0.1) is 11.6 Å². The molecule has 8 heteroatoms. The Hall–Kier alpha value is -3.13. The molecule has 3 N–H and O–H groups in total. The van der Waals surface area contributed by atoms with Crippen molar-refractivity contribution in [3.63, 3.8) is 0 Å². The molecule has 0 atom stereocenters. The molecule has 3 rings (SSSR count). The average Bonchev–Trinajstić information content (AvgIpc) is 2.75. The van der Waals surface area contributed by atoms with Crippen molar-refractivity contribution in [3.05, 3.63) is 75.7 Å². The zero-order valence-corrected chi connectivity index (χ0v) is 18.4. The third-order valence-electron chi connectivity index (χ3n) is 4.76. The highest BCUT2D eigenvalue weighted by molar-refractivity contribution is 7.98. The number of aliphatic imine (C=N–C) groups is 1. The fourth-order valence-corrected chi connectivity index (χ4v) is 3.83. The van der Waals surface area contributed by atoms with Crippen LogP contribution in [0.3, 0.4) is 0 Å². The maximum Gasteiger partial charge on any atom is 0.261 e. The topological polar surface area (TPSA) is 72.4 Å². The summed E-state index contributed by atoms with van der Waals surface area (Å²) in [5.74, 6) is 0.406. The van der Waals surface area contributed by atoms with Gasteiger partial charge in [-0.25, -0.2) is 8.78 Å². The number of hydrogen-bond acceptors (Lipinski definition) is 5. The van der Waals surface area contributed by atoms with E-state index in [9.17, 15) is 13.6 Å². The summed E-state index contributed by atoms with van der Waals surface area (Å²) < 4.78 is 29.0. The summed E-state index contributed by atoms with van der Waals surface area (Å²) in [7, 11) is 3.21. The van der Waals surface area contributed by atoms with Gasteiger partial charge >= 0.3 is 0 Å². The molecule has 162 valence electrons. The number of aryl methyl sites for hydroxylation is 1. The highest BCUT2D eigenvalue weighted by Crippen LogP contribution is 2.36. The lowest BCUT2D eigenvalue weighted by Crippen LogP contribution is -2.23. The van der Waals surface area contributed by atoms with E-state index in [1.807, 2.05) is 18.2 Å². The molecule has 0 unspecified atom stereocenters. The fraction of sp³-hybridized carbons (Fsp3) is 0.217. The van der Waals surface area contributed by atoms with Crippen LogP contribution in [0.5, 0.6) is 0 Å². The minimum atomic E-state index is -0.705. The number of pyridine rings is 1. The second-order valence-electron chi connectivity index (χ2n) is 6.94. The summed E-state index contributed by atoms with van der Waals surface area (Å²) >= 11 is 1.77. The average molecular weight is 443 g/mol. The molecule has 0 aliphatic heterocycles. The standard InChI is InChI=1S/C23H24F2N4OS/c1-4-31-13-14-5-7-20(28-21-8-6-15(24)10-19(21)25)16(9-14)18-12-29(3)23(30)17(11-27-2)22(18)26/h5-12,28H,4,13,26H2,1-3H3. The van der Waals surface area contributed by atoms with Gasteiger partial charge in [0.15, 0.2) is 0 Å². The first-order chi connectivity index (χ1) is 14.8. The van der Waals surface area contributed by atoms with Crippen LogP contribution in [0.4, 0.5) is 25.8 Å². The predicted molar refractivity (Wildman–Crippen MR) is 127 cm³/mol. The normalized spacial score (nSPS) is 11.3. The van der Waals surface area contributed by atoms with Crippen molar-refractivity contribution < 1.29 is 8.78 Å². The summed E-state index contributed by atoms with van der Waals surface area (Å²) in [5.41, 5.74) is 9.79. The molecule has 3 aromatic rings. The first-order valence-electron chi connectivity index (χ1n) is 9.70. The van der Waals surface area contributed by atoms with E-state index in [0.29, 0.717) is 16.8 Å². The molecule has 0 saturated carbocycles. The Balaban J connectivity index is 2.20. The molecule has 1 aromatic heterocycles. The van der Waals surface area contributed by atoms with Gasteiger partial charge in [-0.1, -0.05) is 13.0 Å². The summed E-state index contributed by atoms with van der Waals surface area (Å²) in [5, 5.41) is 3.04. The Kier molecular flexibility index (Phi) is 7.12. The number of anilines is 3. The zero-order chi connectivity index (χ0) is 22.5. The molecule has 0 radical (unpaired) electrons. The Morgan fingerprint density at radius 3 is 2.58 bits per heavy atom. The van der Waals surface area contributed by atoms with Crippen LogP contribution in [-0.4, -0.2) is 23.6 Å². The Morgan fingerprint density at radius 1 is 1.16 bits per heavy atom. The van der Waals surface area contributed by atoms with Gasteiger partial charge in [-0.2, -0.15) is 11.8 Å². The molecule has 5 nitrogen and oxygen atoms in total. The number of hydrogen-bond donors (Lipinski definition) is 2. The lowest BCUT2D eigenvalue weighted by molar-refractivity contribution is 0.586. The van der Waals surface area contributed by atoms with E-state index in [4.69, 9.17) is 5.73 Å². The van der Waals surface area contributed by atoms with E-state index in [2.05, 4.69) is 17.2 Å². The van der Waals surface area contributed by atoms with Crippen LogP contribution in [0.25, 0.3) is 11.1 Å². The Morgan fingerprint density at radius 2 is 1.90 bits per heavy atom. The third kappa shape index (κ3) is 4.96. The maximum absolute atomic E-state index is 14.3. The quantitative estimate of drug-likeness (QED) is 0.508. The molecule has 31 heavy (non-hydrogen) atoms. The molecule has 0 fully saturated rings. The molecule has 0 saturated heterocycles. The van der Waals surface area contributed by atoms with Gasteiger partial charge in [-0.05, 0) is 35.6 Å². The summed E-state index contributed by atoms with van der Waals surface area (Å²) in [6.07, 6.45) is 3.09. The van der Waals surface area contributed by atoms with Crippen molar-refractivity contribution >= 4 is 35.0 Å². The second kappa shape index (κ2) is 9.78. The molecule has 0 spiro atoms. The zero-order valence-electron chi connectivity index (χ0n) is 17.6. The van der Waals surface area contributed by atoms with E-state index in [-0.39, 0.29) is 22.5 Å². The molecule has 0 bridgehead atoms. The minimum Gasteiger partial charge on any atom is -0.397 e. The third-order valence-corrected chi connectivity index (χ3v) is 5.71. The van der Waals surface area contributed by atoms with Crippen LogP contribution < -0.4 is 16.6 Å². The molecule has 0 aliphatic carbocycles. The van der Waals surface area contributed by atoms with E-state index >= 15 is 0 Å². The van der Waals surface area contributed by atoms with E-state index < -0.39 is 11.6 Å². The number of thioether (sulfide) groups is 1. The monoisotopic (exact) mass is 442 g/mol. The van der Waals surface area contributed by atoms with Crippen molar-refractivity contribution in [2.45, 2.75) is 12.7 Å². The Labute approximate surface area is 184 Å². The highest BCUT2D eigenvalue weighted by Gasteiger charge is 2.17. The first kappa shape index (κ1) is 22.6. The van der Waals surface area contributed by atoms with Crippen molar-refractivity contribution in [1.29, 1.82) is 0 Å². The summed E-state index contributed by atoms with van der Waals surface area (Å²) in [6, 6.07) is 9.10.